The van der Waals surface area contributed by atoms with Crippen LogP contribution in [-0.2, 0) is 10.2 Å². The van der Waals surface area contributed by atoms with Crippen molar-refractivity contribution in [2.24, 2.45) is 5.14 Å². The largest absolute Gasteiger partial charge is 0.457 e. The van der Waals surface area contributed by atoms with Crippen LogP contribution in [0.1, 0.15) is 30.1 Å². The van der Waals surface area contributed by atoms with Crippen LogP contribution in [0, 0.1) is 0 Å². The van der Waals surface area contributed by atoms with E-state index in [0.717, 1.165) is 17.1 Å². The van der Waals surface area contributed by atoms with E-state index in [1.165, 1.54) is 17.4 Å². The van der Waals surface area contributed by atoms with E-state index in [2.05, 4.69) is 5.43 Å². The van der Waals surface area contributed by atoms with Gasteiger partial charge in [0.25, 0.3) is 0 Å². The van der Waals surface area contributed by atoms with Crippen LogP contribution < -0.4 is 15.3 Å². The van der Waals surface area contributed by atoms with E-state index < -0.39 is 22.2 Å². The average Bonchev–Trinajstić information content (AvgIpc) is 3.13. The second-order valence-corrected chi connectivity index (χ2v) is 7.97. The van der Waals surface area contributed by atoms with Gasteiger partial charge in [0.15, 0.2) is 6.17 Å². The lowest BCUT2D eigenvalue weighted by Gasteiger charge is -2.30. The molecule has 0 saturated carbocycles. The average molecular weight is 417 g/mol. The van der Waals surface area contributed by atoms with Gasteiger partial charge in [0, 0.05) is 24.5 Å². The van der Waals surface area contributed by atoms with Crippen molar-refractivity contribution in [3.8, 4) is 11.5 Å². The number of benzene rings is 2. The molecule has 3 rings (SSSR count). The summed E-state index contributed by atoms with van der Waals surface area (Å²) in [5, 5.41) is 6.76. The Hall–Kier alpha value is -2.88. The van der Waals surface area contributed by atoms with Gasteiger partial charge in [-0.15, -0.1) is 0 Å². The molecule has 2 aromatic rings. The van der Waals surface area contributed by atoms with Gasteiger partial charge in [-0.2, -0.15) is 8.42 Å². The minimum atomic E-state index is -4.10. The number of carbonyl (C=O) groups excluding carboxylic acids is 1. The van der Waals surface area contributed by atoms with E-state index in [1.807, 2.05) is 37.3 Å². The highest BCUT2D eigenvalue weighted by atomic mass is 32.2. The third-order valence-corrected chi connectivity index (χ3v) is 5.26. The van der Waals surface area contributed by atoms with Crippen molar-refractivity contribution >= 4 is 16.0 Å². The van der Waals surface area contributed by atoms with Crippen LogP contribution in [0.5, 0.6) is 11.5 Å². The third-order valence-electron chi connectivity index (χ3n) is 4.35. The third kappa shape index (κ3) is 5.14. The van der Waals surface area contributed by atoms with Crippen molar-refractivity contribution in [2.45, 2.75) is 25.9 Å². The number of hydrogen-bond acceptors (Lipinski definition) is 6. The molecule has 2 aromatic carbocycles. The molecule has 0 saturated heterocycles. The van der Waals surface area contributed by atoms with Gasteiger partial charge in [0.05, 0.1) is 0 Å². The second-order valence-electron chi connectivity index (χ2n) is 6.52. The molecule has 0 aliphatic carbocycles. The summed E-state index contributed by atoms with van der Waals surface area (Å²) in [5.74, 6) is 0.844. The molecule has 0 bridgehead atoms. The minimum Gasteiger partial charge on any atom is -0.457 e. The Kier molecular flexibility index (Phi) is 6.53. The fourth-order valence-electron chi connectivity index (χ4n) is 2.87. The predicted molar refractivity (Wildman–Crippen MR) is 110 cm³/mol. The quantitative estimate of drug-likeness (QED) is 0.481. The molecule has 1 heterocycles. The number of hydrazine groups is 1. The van der Waals surface area contributed by atoms with Gasteiger partial charge in [0.2, 0.25) is 5.78 Å². The molecule has 0 aromatic heterocycles. The monoisotopic (exact) mass is 416 g/mol. The molecular formula is C20H24N4O4S. The van der Waals surface area contributed by atoms with E-state index in [9.17, 15) is 13.2 Å². The first-order valence-electron chi connectivity index (χ1n) is 9.29. The van der Waals surface area contributed by atoms with Gasteiger partial charge in [-0.3, -0.25) is 9.80 Å². The van der Waals surface area contributed by atoms with Gasteiger partial charge in [-0.1, -0.05) is 31.5 Å². The van der Waals surface area contributed by atoms with Crippen LogP contribution in [0.4, 0.5) is 0 Å². The minimum absolute atomic E-state index is 0.343. The van der Waals surface area contributed by atoms with E-state index in [0.29, 0.717) is 23.6 Å². The molecule has 1 atom stereocenters. The Morgan fingerprint density at radius 2 is 1.72 bits per heavy atom. The standard InChI is InChI=1S/C20H24N4O4S/c1-2-3-13-22-23-14-15-24(29(21,26)27)20(23)19(25)16-9-11-18(12-10-16)28-17-7-5-4-6-8-17/h4-12,14-15,20,22H,2-3,13H2,1H3,(H2,21,26,27). The molecule has 29 heavy (non-hydrogen) atoms. The molecule has 0 radical (unpaired) electrons. The van der Waals surface area contributed by atoms with E-state index in [-0.39, 0.29) is 0 Å². The fourth-order valence-corrected chi connectivity index (χ4v) is 3.57. The number of nitrogens with zero attached hydrogens (tertiary/aromatic N) is 2. The second kappa shape index (κ2) is 9.08. The number of nitrogens with one attached hydrogen (secondary N) is 1. The highest BCUT2D eigenvalue weighted by molar-refractivity contribution is 7.86. The van der Waals surface area contributed by atoms with E-state index in [4.69, 9.17) is 9.88 Å². The summed E-state index contributed by atoms with van der Waals surface area (Å²) in [6.07, 6.45) is 3.50. The Balaban J connectivity index is 1.78. The summed E-state index contributed by atoms with van der Waals surface area (Å²) in [6, 6.07) is 15.8. The Bertz CT molecular complexity index is 962. The molecule has 1 aliphatic rings. The maximum Gasteiger partial charge on any atom is 0.300 e. The summed E-state index contributed by atoms with van der Waals surface area (Å²) < 4.78 is 30.5. The van der Waals surface area contributed by atoms with Crippen molar-refractivity contribution in [1.29, 1.82) is 0 Å². The number of carbonyl (C=O) groups is 1. The smallest absolute Gasteiger partial charge is 0.300 e. The molecule has 0 fully saturated rings. The molecule has 0 amide bonds. The van der Waals surface area contributed by atoms with Gasteiger partial charge >= 0.3 is 10.2 Å². The zero-order valence-electron chi connectivity index (χ0n) is 16.1. The van der Waals surface area contributed by atoms with Gasteiger partial charge in [0.1, 0.15) is 11.5 Å². The number of hydrogen-bond donors (Lipinski definition) is 2. The normalized spacial score (nSPS) is 16.3. The number of para-hydroxylation sites is 1. The van der Waals surface area contributed by atoms with Crippen LogP contribution in [0.3, 0.4) is 0 Å². The fraction of sp³-hybridized carbons (Fsp3) is 0.250. The highest BCUT2D eigenvalue weighted by Gasteiger charge is 2.38. The van der Waals surface area contributed by atoms with Crippen molar-refractivity contribution in [3.05, 3.63) is 72.6 Å². The first kappa shape index (κ1) is 20.8. The Morgan fingerprint density at radius 3 is 2.34 bits per heavy atom. The van der Waals surface area contributed by atoms with E-state index >= 15 is 0 Å². The Morgan fingerprint density at radius 1 is 1.07 bits per heavy atom. The molecule has 0 spiro atoms. The molecule has 9 heteroatoms. The first-order chi connectivity index (χ1) is 13.9. The number of ketones is 1. The molecule has 8 nitrogen and oxygen atoms in total. The molecule has 1 unspecified atom stereocenters. The zero-order valence-corrected chi connectivity index (χ0v) is 16.9. The van der Waals surface area contributed by atoms with Crippen LogP contribution in [0.15, 0.2) is 67.0 Å². The number of Topliss-reactive ketones (excluding diaryl/α,β-unsaturated/α-hetero) is 1. The maximum atomic E-state index is 13.1. The van der Waals surface area contributed by atoms with Crippen LogP contribution >= 0.6 is 0 Å². The number of ether oxygens (including phenoxy) is 1. The summed E-state index contributed by atoms with van der Waals surface area (Å²) in [4.78, 5) is 13.1. The lowest BCUT2D eigenvalue weighted by atomic mass is 10.1. The zero-order chi connectivity index (χ0) is 20.9. The topological polar surface area (TPSA) is 105 Å². The van der Waals surface area contributed by atoms with Gasteiger partial charge in [-0.25, -0.2) is 14.9 Å². The molecule has 3 N–H and O–H groups in total. The van der Waals surface area contributed by atoms with Crippen molar-refractivity contribution < 1.29 is 17.9 Å². The van der Waals surface area contributed by atoms with Crippen molar-refractivity contribution in [2.75, 3.05) is 6.54 Å². The van der Waals surface area contributed by atoms with E-state index in [1.54, 1.807) is 24.3 Å². The SMILES string of the molecule is CCCCNN1C=CN(S(N)(=O)=O)C1C(=O)c1ccc(Oc2ccccc2)cc1. The first-order valence-corrected chi connectivity index (χ1v) is 10.8. The number of rotatable bonds is 9. The maximum absolute atomic E-state index is 13.1. The highest BCUT2D eigenvalue weighted by Crippen LogP contribution is 2.24. The molecular weight excluding hydrogens is 392 g/mol. The van der Waals surface area contributed by atoms with Crippen LogP contribution in [0.25, 0.3) is 0 Å². The van der Waals surface area contributed by atoms with Gasteiger partial charge in [-0.05, 0) is 42.8 Å². The van der Waals surface area contributed by atoms with Crippen molar-refractivity contribution in [3.63, 3.8) is 0 Å². The summed E-state index contributed by atoms with van der Waals surface area (Å²) in [7, 11) is -4.10. The lowest BCUT2D eigenvalue weighted by molar-refractivity contribution is 0.0732. The van der Waals surface area contributed by atoms with Gasteiger partial charge < -0.3 is 4.74 Å². The lowest BCUT2D eigenvalue weighted by Crippen LogP contribution is -2.53. The summed E-state index contributed by atoms with van der Waals surface area (Å²) in [5.41, 5.74) is 3.41. The number of unbranched alkanes of at least 4 members (excludes halogenated alkanes) is 1. The van der Waals surface area contributed by atoms with Crippen LogP contribution in [-0.4, -0.2) is 36.2 Å². The Labute approximate surface area is 170 Å². The molecule has 1 aliphatic heterocycles. The number of nitrogens with two attached hydrogens (primary N) is 1. The predicted octanol–water partition coefficient (Wildman–Crippen LogP) is 2.58. The van der Waals surface area contributed by atoms with Crippen LogP contribution in [0.2, 0.25) is 0 Å². The summed E-state index contributed by atoms with van der Waals surface area (Å²) in [6.45, 7) is 2.65. The molecule has 154 valence electrons. The summed E-state index contributed by atoms with van der Waals surface area (Å²) >= 11 is 0. The van der Waals surface area contributed by atoms with Crippen molar-refractivity contribution in [1.82, 2.24) is 14.7 Å².